The first-order valence-electron chi connectivity index (χ1n) is 8.40. The van der Waals surface area contributed by atoms with Crippen molar-refractivity contribution >= 4 is 17.6 Å². The van der Waals surface area contributed by atoms with Crippen LogP contribution in [0.4, 0.5) is 5.82 Å². The second kappa shape index (κ2) is 7.38. The van der Waals surface area contributed by atoms with Crippen LogP contribution in [-0.2, 0) is 9.59 Å². The number of anilines is 1. The molecular weight excluding hydrogens is 318 g/mol. The molecule has 1 aromatic carbocycles. The average Bonchev–Trinajstić information content (AvgIpc) is 3.13. The molecular formula is C18H23N5O2. The first-order chi connectivity index (χ1) is 12.0. The summed E-state index contributed by atoms with van der Waals surface area (Å²) < 4.78 is 0. The van der Waals surface area contributed by atoms with Crippen LogP contribution in [0.15, 0.2) is 36.4 Å². The average molecular weight is 341 g/mol. The number of piperazine rings is 1. The van der Waals surface area contributed by atoms with Gasteiger partial charge in [0.2, 0.25) is 11.8 Å². The second-order valence-electron chi connectivity index (χ2n) is 6.25. The number of carbonyl (C=O) groups is 2. The molecule has 132 valence electrons. The number of H-pyrrole nitrogens is 1. The fraction of sp³-hybridized carbons (Fsp3) is 0.389. The zero-order valence-electron chi connectivity index (χ0n) is 14.6. The molecule has 1 N–H and O–H groups in total. The van der Waals surface area contributed by atoms with E-state index in [0.29, 0.717) is 26.2 Å². The summed E-state index contributed by atoms with van der Waals surface area (Å²) in [4.78, 5) is 29.3. The van der Waals surface area contributed by atoms with Gasteiger partial charge in [0.25, 0.3) is 0 Å². The van der Waals surface area contributed by atoms with Gasteiger partial charge in [-0.3, -0.25) is 14.7 Å². The molecule has 25 heavy (non-hydrogen) atoms. The third-order valence-electron chi connectivity index (χ3n) is 4.49. The number of benzene rings is 1. The molecule has 7 nitrogen and oxygen atoms in total. The van der Waals surface area contributed by atoms with Crippen molar-refractivity contribution in [3.63, 3.8) is 0 Å². The van der Waals surface area contributed by atoms with Gasteiger partial charge in [0.05, 0.1) is 12.2 Å². The van der Waals surface area contributed by atoms with Crippen LogP contribution in [0, 0.1) is 0 Å². The van der Waals surface area contributed by atoms with E-state index in [-0.39, 0.29) is 18.4 Å². The molecule has 7 heteroatoms. The number of carbonyl (C=O) groups excluding carboxylic acids is 2. The molecule has 1 saturated heterocycles. The summed E-state index contributed by atoms with van der Waals surface area (Å²) in [7, 11) is 1.86. The monoisotopic (exact) mass is 341 g/mol. The predicted molar refractivity (Wildman–Crippen MR) is 96.1 cm³/mol. The van der Waals surface area contributed by atoms with E-state index in [1.807, 2.05) is 48.3 Å². The van der Waals surface area contributed by atoms with Gasteiger partial charge in [-0.25, -0.2) is 0 Å². The van der Waals surface area contributed by atoms with Gasteiger partial charge in [0.1, 0.15) is 0 Å². The van der Waals surface area contributed by atoms with Crippen LogP contribution in [0.2, 0.25) is 0 Å². The van der Waals surface area contributed by atoms with Crippen molar-refractivity contribution in [2.45, 2.75) is 6.92 Å². The van der Waals surface area contributed by atoms with E-state index < -0.39 is 0 Å². The Morgan fingerprint density at radius 3 is 2.40 bits per heavy atom. The highest BCUT2D eigenvalue weighted by Crippen LogP contribution is 2.20. The summed E-state index contributed by atoms with van der Waals surface area (Å²) >= 11 is 0. The highest BCUT2D eigenvalue weighted by Gasteiger charge is 2.23. The van der Waals surface area contributed by atoms with Gasteiger partial charge in [-0.15, -0.1) is 0 Å². The molecule has 0 saturated carbocycles. The molecule has 0 aliphatic carbocycles. The Hall–Kier alpha value is -2.83. The SMILES string of the molecule is CC(=O)N1CCN(C(=O)CN(C)c2cc(-c3ccccc3)[nH]n2)CC1. The highest BCUT2D eigenvalue weighted by molar-refractivity contribution is 5.82. The quantitative estimate of drug-likeness (QED) is 0.907. The zero-order chi connectivity index (χ0) is 17.8. The Morgan fingerprint density at radius 1 is 1.12 bits per heavy atom. The number of hydrogen-bond donors (Lipinski definition) is 1. The molecule has 2 heterocycles. The van der Waals surface area contributed by atoms with Crippen LogP contribution in [0.3, 0.4) is 0 Å². The Kier molecular flexibility index (Phi) is 5.02. The van der Waals surface area contributed by atoms with Gasteiger partial charge in [-0.2, -0.15) is 5.10 Å². The normalized spacial score (nSPS) is 14.5. The lowest BCUT2D eigenvalue weighted by atomic mass is 10.1. The first kappa shape index (κ1) is 17.0. The lowest BCUT2D eigenvalue weighted by molar-refractivity contribution is -0.137. The van der Waals surface area contributed by atoms with Crippen molar-refractivity contribution in [1.82, 2.24) is 20.0 Å². The first-order valence-corrected chi connectivity index (χ1v) is 8.40. The van der Waals surface area contributed by atoms with Crippen molar-refractivity contribution < 1.29 is 9.59 Å². The minimum absolute atomic E-state index is 0.0509. The van der Waals surface area contributed by atoms with Gasteiger partial charge in [0.15, 0.2) is 5.82 Å². The fourth-order valence-electron chi connectivity index (χ4n) is 2.93. The molecule has 3 rings (SSSR count). The maximum Gasteiger partial charge on any atom is 0.242 e. The largest absolute Gasteiger partial charge is 0.349 e. The molecule has 1 aliphatic rings. The summed E-state index contributed by atoms with van der Waals surface area (Å²) in [6, 6.07) is 11.9. The third-order valence-corrected chi connectivity index (χ3v) is 4.49. The maximum atomic E-state index is 12.5. The van der Waals surface area contributed by atoms with Crippen LogP contribution in [0.1, 0.15) is 6.92 Å². The molecule has 0 atom stereocenters. The Morgan fingerprint density at radius 2 is 1.76 bits per heavy atom. The van der Waals surface area contributed by atoms with Crippen molar-refractivity contribution in [2.24, 2.45) is 0 Å². The summed E-state index contributed by atoms with van der Waals surface area (Å²) in [5, 5.41) is 7.32. The smallest absolute Gasteiger partial charge is 0.242 e. The number of likely N-dealkylation sites (N-methyl/N-ethyl adjacent to an activating group) is 1. The van der Waals surface area contributed by atoms with Crippen LogP contribution in [0.25, 0.3) is 11.3 Å². The van der Waals surface area contributed by atoms with E-state index in [1.54, 1.807) is 16.7 Å². The molecule has 0 bridgehead atoms. The number of aromatic amines is 1. The maximum absolute atomic E-state index is 12.5. The number of hydrogen-bond acceptors (Lipinski definition) is 4. The number of amides is 2. The van der Waals surface area contributed by atoms with E-state index in [4.69, 9.17) is 0 Å². The lowest BCUT2D eigenvalue weighted by Crippen LogP contribution is -2.52. The molecule has 1 fully saturated rings. The van der Waals surface area contributed by atoms with Gasteiger partial charge >= 0.3 is 0 Å². The van der Waals surface area contributed by atoms with E-state index in [9.17, 15) is 9.59 Å². The van der Waals surface area contributed by atoms with Crippen LogP contribution in [-0.4, -0.2) is 71.6 Å². The number of nitrogens with one attached hydrogen (secondary N) is 1. The summed E-state index contributed by atoms with van der Waals surface area (Å²) in [5.41, 5.74) is 1.98. The molecule has 2 aromatic rings. The minimum Gasteiger partial charge on any atom is -0.349 e. The summed E-state index contributed by atoms with van der Waals surface area (Å²) in [6.07, 6.45) is 0. The summed E-state index contributed by atoms with van der Waals surface area (Å²) in [6.45, 7) is 4.20. The van der Waals surface area contributed by atoms with Crippen LogP contribution in [0.5, 0.6) is 0 Å². The Labute approximate surface area is 147 Å². The number of aromatic nitrogens is 2. The molecule has 0 spiro atoms. The zero-order valence-corrected chi connectivity index (χ0v) is 14.6. The number of rotatable bonds is 4. The second-order valence-corrected chi connectivity index (χ2v) is 6.25. The van der Waals surface area contributed by atoms with Gasteiger partial charge in [-0.05, 0) is 5.56 Å². The molecule has 0 radical (unpaired) electrons. The predicted octanol–water partition coefficient (Wildman–Crippen LogP) is 1.20. The minimum atomic E-state index is 0.0509. The molecule has 1 aromatic heterocycles. The molecule has 2 amide bonds. The Bertz CT molecular complexity index is 735. The number of nitrogens with zero attached hydrogens (tertiary/aromatic N) is 4. The van der Waals surface area contributed by atoms with Gasteiger partial charge in [0, 0.05) is 46.2 Å². The van der Waals surface area contributed by atoms with Crippen molar-refractivity contribution in [3.8, 4) is 11.3 Å². The molecule has 1 aliphatic heterocycles. The van der Waals surface area contributed by atoms with E-state index in [2.05, 4.69) is 10.2 Å². The van der Waals surface area contributed by atoms with E-state index in [1.165, 1.54) is 0 Å². The highest BCUT2D eigenvalue weighted by atomic mass is 16.2. The summed E-state index contributed by atoms with van der Waals surface area (Å²) in [5.74, 6) is 0.846. The van der Waals surface area contributed by atoms with Crippen LogP contribution >= 0.6 is 0 Å². The van der Waals surface area contributed by atoms with Crippen molar-refractivity contribution in [3.05, 3.63) is 36.4 Å². The fourth-order valence-corrected chi connectivity index (χ4v) is 2.93. The topological polar surface area (TPSA) is 72.5 Å². The lowest BCUT2D eigenvalue weighted by Gasteiger charge is -2.35. The van der Waals surface area contributed by atoms with Gasteiger partial charge < -0.3 is 14.7 Å². The third kappa shape index (κ3) is 3.99. The molecule has 0 unspecified atom stereocenters. The standard InChI is InChI=1S/C18H23N5O2/c1-14(24)22-8-10-23(11-9-22)18(25)13-21(2)17-12-16(19-20-17)15-6-4-3-5-7-15/h3-7,12H,8-11,13H2,1-2H3,(H,19,20). The van der Waals surface area contributed by atoms with Crippen molar-refractivity contribution in [1.29, 1.82) is 0 Å². The van der Waals surface area contributed by atoms with Crippen molar-refractivity contribution in [2.75, 3.05) is 44.7 Å². The Balaban J connectivity index is 1.57. The van der Waals surface area contributed by atoms with Crippen LogP contribution < -0.4 is 4.90 Å². The van der Waals surface area contributed by atoms with E-state index >= 15 is 0 Å². The van der Waals surface area contributed by atoms with Gasteiger partial charge in [-0.1, -0.05) is 30.3 Å². The van der Waals surface area contributed by atoms with E-state index in [0.717, 1.165) is 17.1 Å².